The first-order chi connectivity index (χ1) is 11.5. The number of nitrogens with zero attached hydrogens (tertiary/aromatic N) is 7. The molecule has 0 fully saturated rings. The number of fused-ring (bicyclic) bond motifs is 2. The van der Waals surface area contributed by atoms with Crippen LogP contribution in [0.1, 0.15) is 17.9 Å². The summed E-state index contributed by atoms with van der Waals surface area (Å²) in [4.78, 5) is 3.68. The van der Waals surface area contributed by atoms with Gasteiger partial charge in [-0.1, -0.05) is 0 Å². The maximum atomic E-state index is 12.7. The number of imidazole rings is 1. The molecule has 11 heteroatoms. The van der Waals surface area contributed by atoms with E-state index < -0.39 is 11.9 Å². The first kappa shape index (κ1) is 14.8. The van der Waals surface area contributed by atoms with Crippen LogP contribution < -0.4 is 5.32 Å². The average molecular weight is 338 g/mol. The Morgan fingerprint density at radius 2 is 2.17 bits per heavy atom. The molecule has 1 atom stereocenters. The molecule has 0 saturated carbocycles. The molecule has 1 aliphatic rings. The summed E-state index contributed by atoms with van der Waals surface area (Å²) >= 11 is 0. The number of alkyl halides is 3. The lowest BCUT2D eigenvalue weighted by Gasteiger charge is -2.24. The minimum absolute atomic E-state index is 0.194. The van der Waals surface area contributed by atoms with Crippen molar-refractivity contribution >= 4 is 11.5 Å². The van der Waals surface area contributed by atoms with Crippen molar-refractivity contribution in [3.8, 4) is 0 Å². The largest absolute Gasteiger partial charge is 0.434 e. The van der Waals surface area contributed by atoms with E-state index in [1.807, 2.05) is 0 Å². The highest BCUT2D eigenvalue weighted by Gasteiger charge is 2.35. The molecule has 0 amide bonds. The van der Waals surface area contributed by atoms with Crippen LogP contribution in [-0.4, -0.2) is 41.4 Å². The van der Waals surface area contributed by atoms with Crippen LogP contribution in [-0.2, 0) is 19.1 Å². The third kappa shape index (κ3) is 2.76. The van der Waals surface area contributed by atoms with E-state index in [4.69, 9.17) is 0 Å². The molecule has 0 aliphatic carbocycles. The number of halogens is 3. The second kappa shape index (κ2) is 5.42. The van der Waals surface area contributed by atoms with Crippen molar-refractivity contribution in [1.29, 1.82) is 0 Å². The van der Waals surface area contributed by atoms with Crippen molar-refractivity contribution in [3.05, 3.63) is 29.8 Å². The Balaban J connectivity index is 1.42. The van der Waals surface area contributed by atoms with E-state index in [0.29, 0.717) is 36.8 Å². The number of aryl methyl sites for hydroxylation is 1. The molecule has 3 aromatic rings. The van der Waals surface area contributed by atoms with Crippen LogP contribution in [0.25, 0.3) is 5.65 Å². The van der Waals surface area contributed by atoms with Gasteiger partial charge in [0.1, 0.15) is 11.6 Å². The smallest absolute Gasteiger partial charge is 0.368 e. The number of hydrogen-bond acceptors (Lipinski definition) is 6. The minimum atomic E-state index is -4.40. The molecular weight excluding hydrogens is 325 g/mol. The summed E-state index contributed by atoms with van der Waals surface area (Å²) in [6.45, 7) is 1.10. The zero-order chi connectivity index (χ0) is 16.7. The standard InChI is InChI=1S/C13H13F3N8/c14-13(15,16)9-7-23-6-8(1-3-11(23)18-9)5-17-10-2-4-12-19-21-22-24(12)20-10/h2,4,7-8H,1,3,5-6H2,(H,17,20). The van der Waals surface area contributed by atoms with E-state index in [1.54, 1.807) is 16.7 Å². The van der Waals surface area contributed by atoms with Crippen LogP contribution in [0.2, 0.25) is 0 Å². The number of aromatic nitrogens is 7. The fourth-order valence-electron chi connectivity index (χ4n) is 2.81. The number of nitrogens with one attached hydrogen (secondary N) is 1. The van der Waals surface area contributed by atoms with Crippen molar-refractivity contribution in [2.45, 2.75) is 25.6 Å². The predicted octanol–water partition coefficient (Wildman–Crippen LogP) is 1.41. The molecule has 4 heterocycles. The summed E-state index contributed by atoms with van der Waals surface area (Å²) in [7, 11) is 0. The van der Waals surface area contributed by atoms with E-state index in [0.717, 1.165) is 12.6 Å². The Bertz CT molecular complexity index is 868. The molecule has 1 aliphatic heterocycles. The molecule has 126 valence electrons. The highest BCUT2D eigenvalue weighted by Crippen LogP contribution is 2.30. The van der Waals surface area contributed by atoms with E-state index in [9.17, 15) is 13.2 Å². The molecule has 0 radical (unpaired) electrons. The lowest BCUT2D eigenvalue weighted by atomic mass is 9.99. The van der Waals surface area contributed by atoms with Crippen molar-refractivity contribution in [2.24, 2.45) is 5.92 Å². The topological polar surface area (TPSA) is 85.8 Å². The van der Waals surface area contributed by atoms with E-state index in [1.165, 1.54) is 4.63 Å². The summed E-state index contributed by atoms with van der Waals surface area (Å²) in [6, 6.07) is 3.50. The summed E-state index contributed by atoms with van der Waals surface area (Å²) in [5.74, 6) is 1.30. The summed E-state index contributed by atoms with van der Waals surface area (Å²) < 4.78 is 41.1. The summed E-state index contributed by atoms with van der Waals surface area (Å²) in [6.07, 6.45) is -2.01. The Morgan fingerprint density at radius 1 is 1.29 bits per heavy atom. The Labute approximate surface area is 133 Å². The van der Waals surface area contributed by atoms with Gasteiger partial charge in [0.25, 0.3) is 0 Å². The molecular formula is C13H13F3N8. The van der Waals surface area contributed by atoms with Gasteiger partial charge in [-0.3, -0.25) is 0 Å². The lowest BCUT2D eigenvalue weighted by molar-refractivity contribution is -0.141. The van der Waals surface area contributed by atoms with Gasteiger partial charge in [0.05, 0.1) is 0 Å². The SMILES string of the molecule is FC(F)(F)c1cn2c(n1)CCC(CNc1ccc3nnnn3n1)C2. The van der Waals surface area contributed by atoms with Crippen LogP contribution in [0, 0.1) is 5.92 Å². The van der Waals surface area contributed by atoms with E-state index >= 15 is 0 Å². The second-order valence-electron chi connectivity index (χ2n) is 5.72. The van der Waals surface area contributed by atoms with Crippen LogP contribution in [0.5, 0.6) is 0 Å². The van der Waals surface area contributed by atoms with Crippen molar-refractivity contribution in [1.82, 2.24) is 34.8 Å². The van der Waals surface area contributed by atoms with Crippen molar-refractivity contribution in [3.63, 3.8) is 0 Å². The number of hydrogen-bond donors (Lipinski definition) is 1. The quantitative estimate of drug-likeness (QED) is 0.777. The van der Waals surface area contributed by atoms with Gasteiger partial charge in [-0.15, -0.1) is 14.8 Å². The number of rotatable bonds is 3. The minimum Gasteiger partial charge on any atom is -0.368 e. The maximum Gasteiger partial charge on any atom is 0.434 e. The predicted molar refractivity (Wildman–Crippen MR) is 76.1 cm³/mol. The third-order valence-corrected chi connectivity index (χ3v) is 4.02. The molecule has 0 aromatic carbocycles. The monoisotopic (exact) mass is 338 g/mol. The van der Waals surface area contributed by atoms with Crippen LogP contribution >= 0.6 is 0 Å². The van der Waals surface area contributed by atoms with Gasteiger partial charge in [0.2, 0.25) is 0 Å². The first-order valence-electron chi connectivity index (χ1n) is 7.41. The zero-order valence-corrected chi connectivity index (χ0v) is 12.4. The number of tetrazole rings is 1. The molecule has 0 bridgehead atoms. The van der Waals surface area contributed by atoms with Gasteiger partial charge < -0.3 is 9.88 Å². The van der Waals surface area contributed by atoms with Crippen LogP contribution in [0.15, 0.2) is 18.3 Å². The van der Waals surface area contributed by atoms with Gasteiger partial charge in [-0.2, -0.15) is 13.2 Å². The van der Waals surface area contributed by atoms with Gasteiger partial charge in [0.15, 0.2) is 11.3 Å². The highest BCUT2D eigenvalue weighted by atomic mass is 19.4. The fraction of sp³-hybridized carbons (Fsp3) is 0.462. The van der Waals surface area contributed by atoms with Gasteiger partial charge >= 0.3 is 6.18 Å². The highest BCUT2D eigenvalue weighted by molar-refractivity contribution is 5.42. The lowest BCUT2D eigenvalue weighted by Crippen LogP contribution is -2.26. The molecule has 4 rings (SSSR count). The van der Waals surface area contributed by atoms with Crippen LogP contribution in [0.4, 0.5) is 19.0 Å². The van der Waals surface area contributed by atoms with E-state index in [2.05, 4.69) is 30.9 Å². The molecule has 0 spiro atoms. The molecule has 0 saturated heterocycles. The Morgan fingerprint density at radius 3 is 3.00 bits per heavy atom. The second-order valence-corrected chi connectivity index (χ2v) is 5.72. The van der Waals surface area contributed by atoms with Crippen molar-refractivity contribution in [2.75, 3.05) is 11.9 Å². The molecule has 24 heavy (non-hydrogen) atoms. The summed E-state index contributed by atoms with van der Waals surface area (Å²) in [5, 5.41) is 18.4. The van der Waals surface area contributed by atoms with E-state index in [-0.39, 0.29) is 5.92 Å². The zero-order valence-electron chi connectivity index (χ0n) is 12.4. The normalized spacial score (nSPS) is 17.9. The Hall–Kier alpha value is -2.72. The molecule has 1 N–H and O–H groups in total. The third-order valence-electron chi connectivity index (χ3n) is 4.02. The molecule has 1 unspecified atom stereocenters. The molecule has 8 nitrogen and oxygen atoms in total. The Kier molecular flexibility index (Phi) is 3.36. The van der Waals surface area contributed by atoms with Gasteiger partial charge in [-0.25, -0.2) is 4.98 Å². The van der Waals surface area contributed by atoms with Gasteiger partial charge in [0, 0.05) is 25.7 Å². The van der Waals surface area contributed by atoms with Crippen molar-refractivity contribution < 1.29 is 13.2 Å². The number of anilines is 1. The average Bonchev–Trinajstić information content (AvgIpc) is 3.17. The summed E-state index contributed by atoms with van der Waals surface area (Å²) in [5.41, 5.74) is -0.280. The maximum absolute atomic E-state index is 12.7. The van der Waals surface area contributed by atoms with Crippen LogP contribution in [0.3, 0.4) is 0 Å². The molecule has 3 aromatic heterocycles. The first-order valence-corrected chi connectivity index (χ1v) is 7.41. The van der Waals surface area contributed by atoms with Gasteiger partial charge in [-0.05, 0) is 34.9 Å². The fourth-order valence-corrected chi connectivity index (χ4v) is 2.81.